The monoisotopic (exact) mass is 425 g/mol. The summed E-state index contributed by atoms with van der Waals surface area (Å²) in [6.45, 7) is 16.6. The molecule has 2 heterocycles. The number of carbonyl (C=O) groups is 1. The third-order valence-corrected chi connectivity index (χ3v) is 6.11. The first-order valence-corrected chi connectivity index (χ1v) is 10.9. The molecular weight excluding hydrogens is 394 g/mol. The topological polar surface area (TPSA) is 119 Å². The van der Waals surface area contributed by atoms with E-state index < -0.39 is 22.0 Å². The summed E-state index contributed by atoms with van der Waals surface area (Å²) in [6.07, 6.45) is 0. The normalized spacial score (nSPS) is 14.1. The standard InChI is InChI=1S/C19H31N5O4S/c1-11-16(13(3)28-22-11)29(26,27)23-12(2)17(25)20-15-10-14(18(4,5)6)21-24(15)19(7,8)9/h10,12,23H,1-9H3,(H,20,25)/t12-/m0/s1. The van der Waals surface area contributed by atoms with Gasteiger partial charge in [0.15, 0.2) is 5.76 Å². The van der Waals surface area contributed by atoms with Gasteiger partial charge >= 0.3 is 0 Å². The van der Waals surface area contributed by atoms with Gasteiger partial charge in [0.1, 0.15) is 16.4 Å². The number of nitrogens with one attached hydrogen (secondary N) is 2. The van der Waals surface area contributed by atoms with Crippen molar-refractivity contribution in [1.82, 2.24) is 19.7 Å². The molecule has 2 aromatic rings. The number of aryl methyl sites for hydroxylation is 2. The first-order chi connectivity index (χ1) is 13.0. The quantitative estimate of drug-likeness (QED) is 0.760. The minimum absolute atomic E-state index is 0.0492. The van der Waals surface area contributed by atoms with Crippen LogP contribution in [-0.2, 0) is 25.8 Å². The van der Waals surface area contributed by atoms with Gasteiger partial charge in [0.2, 0.25) is 15.9 Å². The second-order valence-electron chi connectivity index (χ2n) is 9.23. The van der Waals surface area contributed by atoms with Gasteiger partial charge in [-0.05, 0) is 41.5 Å². The van der Waals surface area contributed by atoms with Crippen LogP contribution in [0.2, 0.25) is 0 Å². The lowest BCUT2D eigenvalue weighted by atomic mass is 9.92. The van der Waals surface area contributed by atoms with E-state index in [1.807, 2.05) is 47.6 Å². The zero-order chi connectivity index (χ0) is 22.4. The molecule has 29 heavy (non-hydrogen) atoms. The van der Waals surface area contributed by atoms with E-state index in [9.17, 15) is 13.2 Å². The van der Waals surface area contributed by atoms with Crippen molar-refractivity contribution >= 4 is 21.7 Å². The number of rotatable bonds is 5. The Morgan fingerprint density at radius 3 is 2.21 bits per heavy atom. The molecule has 0 spiro atoms. The molecule has 0 aliphatic heterocycles. The molecule has 0 aliphatic carbocycles. The van der Waals surface area contributed by atoms with Gasteiger partial charge < -0.3 is 9.84 Å². The Balaban J connectivity index is 2.27. The zero-order valence-electron chi connectivity index (χ0n) is 18.5. The third-order valence-electron chi connectivity index (χ3n) is 4.33. The van der Waals surface area contributed by atoms with E-state index in [4.69, 9.17) is 4.52 Å². The van der Waals surface area contributed by atoms with E-state index in [0.717, 1.165) is 5.69 Å². The number of amides is 1. The minimum atomic E-state index is -3.96. The lowest BCUT2D eigenvalue weighted by molar-refractivity contribution is -0.117. The smallest absolute Gasteiger partial charge is 0.246 e. The fraction of sp³-hybridized carbons (Fsp3) is 0.632. The van der Waals surface area contributed by atoms with Gasteiger partial charge in [-0.2, -0.15) is 9.82 Å². The van der Waals surface area contributed by atoms with Gasteiger partial charge in [0.25, 0.3) is 0 Å². The highest BCUT2D eigenvalue weighted by molar-refractivity contribution is 7.89. The average Bonchev–Trinajstić information content (AvgIpc) is 3.10. The van der Waals surface area contributed by atoms with Crippen LogP contribution >= 0.6 is 0 Å². The first kappa shape index (κ1) is 23.1. The van der Waals surface area contributed by atoms with E-state index in [-0.39, 0.29) is 27.3 Å². The van der Waals surface area contributed by atoms with Crippen LogP contribution in [0.4, 0.5) is 5.82 Å². The Morgan fingerprint density at radius 1 is 1.17 bits per heavy atom. The number of anilines is 1. The molecule has 0 bridgehead atoms. The zero-order valence-corrected chi connectivity index (χ0v) is 19.4. The molecule has 2 aromatic heterocycles. The maximum atomic E-state index is 12.7. The van der Waals surface area contributed by atoms with E-state index >= 15 is 0 Å². The minimum Gasteiger partial charge on any atom is -0.360 e. The highest BCUT2D eigenvalue weighted by atomic mass is 32.2. The summed E-state index contributed by atoms with van der Waals surface area (Å²) >= 11 is 0. The summed E-state index contributed by atoms with van der Waals surface area (Å²) in [4.78, 5) is 12.7. The van der Waals surface area contributed by atoms with Gasteiger partial charge in [-0.3, -0.25) is 4.79 Å². The lowest BCUT2D eigenvalue weighted by Gasteiger charge is -2.23. The number of sulfonamides is 1. The van der Waals surface area contributed by atoms with Crippen LogP contribution in [-0.4, -0.2) is 35.3 Å². The lowest BCUT2D eigenvalue weighted by Crippen LogP contribution is -2.42. The van der Waals surface area contributed by atoms with Crippen molar-refractivity contribution in [2.24, 2.45) is 0 Å². The van der Waals surface area contributed by atoms with Crippen LogP contribution < -0.4 is 10.0 Å². The van der Waals surface area contributed by atoms with E-state index in [1.54, 1.807) is 4.68 Å². The van der Waals surface area contributed by atoms with Crippen LogP contribution in [0.15, 0.2) is 15.5 Å². The van der Waals surface area contributed by atoms with E-state index in [1.165, 1.54) is 20.8 Å². The van der Waals surface area contributed by atoms with Crippen LogP contribution in [0.1, 0.15) is 65.6 Å². The fourth-order valence-electron chi connectivity index (χ4n) is 2.79. The largest absolute Gasteiger partial charge is 0.360 e. The van der Waals surface area contributed by atoms with Crippen LogP contribution in [0.25, 0.3) is 0 Å². The second-order valence-corrected chi connectivity index (χ2v) is 10.9. The molecule has 0 radical (unpaired) electrons. The summed E-state index contributed by atoms with van der Waals surface area (Å²) in [5, 5.41) is 11.1. The van der Waals surface area contributed by atoms with E-state index in [2.05, 4.69) is 20.3 Å². The third kappa shape index (κ3) is 5.05. The van der Waals surface area contributed by atoms with Crippen molar-refractivity contribution in [3.05, 3.63) is 23.2 Å². The Morgan fingerprint density at radius 2 is 1.76 bits per heavy atom. The predicted octanol–water partition coefficient (Wildman–Crippen LogP) is 2.85. The molecule has 1 amide bonds. The summed E-state index contributed by atoms with van der Waals surface area (Å²) < 4.78 is 34.4. The number of carbonyl (C=O) groups excluding carboxylic acids is 1. The van der Waals surface area contributed by atoms with Crippen molar-refractivity contribution in [3.63, 3.8) is 0 Å². The Kier molecular flexibility index (Phi) is 6.02. The highest BCUT2D eigenvalue weighted by Gasteiger charge is 2.30. The van der Waals surface area contributed by atoms with Gasteiger partial charge in [-0.25, -0.2) is 13.1 Å². The van der Waals surface area contributed by atoms with Gasteiger partial charge in [-0.1, -0.05) is 25.9 Å². The molecular formula is C19H31N5O4S. The fourth-order valence-corrected chi connectivity index (χ4v) is 4.32. The molecule has 2 N–H and O–H groups in total. The van der Waals surface area contributed by atoms with Crippen molar-refractivity contribution in [2.45, 2.75) is 84.2 Å². The Hall–Kier alpha value is -2.20. The molecule has 0 saturated carbocycles. The summed E-state index contributed by atoms with van der Waals surface area (Å²) in [5.41, 5.74) is 0.493. The van der Waals surface area contributed by atoms with Gasteiger partial charge in [-0.15, -0.1) is 0 Å². The molecule has 0 saturated heterocycles. The van der Waals surface area contributed by atoms with Crippen molar-refractivity contribution in [3.8, 4) is 0 Å². The summed E-state index contributed by atoms with van der Waals surface area (Å²) in [5.74, 6) is 0.185. The number of nitrogens with zero attached hydrogens (tertiary/aromatic N) is 3. The molecule has 0 unspecified atom stereocenters. The Bertz CT molecular complexity index is 987. The van der Waals surface area contributed by atoms with Crippen LogP contribution in [0.5, 0.6) is 0 Å². The molecule has 162 valence electrons. The summed E-state index contributed by atoms with van der Waals surface area (Å²) in [7, 11) is -3.96. The maximum Gasteiger partial charge on any atom is 0.246 e. The molecule has 10 heteroatoms. The highest BCUT2D eigenvalue weighted by Crippen LogP contribution is 2.28. The Labute approximate surface area is 172 Å². The van der Waals surface area contributed by atoms with Crippen LogP contribution in [0, 0.1) is 13.8 Å². The molecule has 0 aromatic carbocycles. The first-order valence-electron chi connectivity index (χ1n) is 9.41. The van der Waals surface area contributed by atoms with Crippen molar-refractivity contribution < 1.29 is 17.7 Å². The number of hydrogen-bond donors (Lipinski definition) is 2. The maximum absolute atomic E-state index is 12.7. The molecule has 1 atom stereocenters. The number of aromatic nitrogens is 3. The molecule has 2 rings (SSSR count). The van der Waals surface area contributed by atoms with E-state index in [0.29, 0.717) is 5.82 Å². The predicted molar refractivity (Wildman–Crippen MR) is 110 cm³/mol. The molecule has 9 nitrogen and oxygen atoms in total. The molecule has 0 fully saturated rings. The second kappa shape index (κ2) is 7.56. The van der Waals surface area contributed by atoms with Crippen molar-refractivity contribution in [2.75, 3.05) is 5.32 Å². The SMILES string of the molecule is Cc1noc(C)c1S(=O)(=O)N[C@@H](C)C(=O)Nc1cc(C(C)(C)C)nn1C(C)(C)C. The average molecular weight is 426 g/mol. The summed E-state index contributed by atoms with van der Waals surface area (Å²) in [6, 6.07) is 0.800. The van der Waals surface area contributed by atoms with Crippen LogP contribution in [0.3, 0.4) is 0 Å². The van der Waals surface area contributed by atoms with Crippen molar-refractivity contribution in [1.29, 1.82) is 0 Å². The van der Waals surface area contributed by atoms with Gasteiger partial charge in [0, 0.05) is 11.5 Å². The van der Waals surface area contributed by atoms with Gasteiger partial charge in [0.05, 0.1) is 17.3 Å². The number of hydrogen-bond acceptors (Lipinski definition) is 6. The molecule has 0 aliphatic rings.